The zero-order chi connectivity index (χ0) is 47.5. The second kappa shape index (κ2) is 42.9. The van der Waals surface area contributed by atoms with Crippen molar-refractivity contribution in [3.05, 3.63) is 72.9 Å². The summed E-state index contributed by atoms with van der Waals surface area (Å²) < 4.78 is 59.1. The zero-order valence-electron chi connectivity index (χ0n) is 40.3. The smallest absolute Gasteiger partial charge is 0.397 e. The van der Waals surface area contributed by atoms with Gasteiger partial charge in [0.1, 0.15) is 30.5 Å². The summed E-state index contributed by atoms with van der Waals surface area (Å²) in [5.74, 6) is -0.480. The maximum absolute atomic E-state index is 12.9. The van der Waals surface area contributed by atoms with Crippen LogP contribution in [0.3, 0.4) is 0 Å². The predicted molar refractivity (Wildman–Crippen MR) is 262 cm³/mol. The van der Waals surface area contributed by atoms with Crippen LogP contribution in [-0.4, -0.2) is 97.5 Å². The number of rotatable bonds is 43. The first-order chi connectivity index (χ1) is 31.6. The highest BCUT2D eigenvalue weighted by Crippen LogP contribution is 2.26. The van der Waals surface area contributed by atoms with Crippen LogP contribution in [0.25, 0.3) is 0 Å². The van der Waals surface area contributed by atoms with Gasteiger partial charge in [-0.15, -0.1) is 0 Å². The summed E-state index contributed by atoms with van der Waals surface area (Å²) in [7, 11) is -5.08. The van der Waals surface area contributed by atoms with E-state index in [1.165, 1.54) is 103 Å². The van der Waals surface area contributed by atoms with E-state index < -0.39 is 59.8 Å². The number of ether oxygens (including phenoxy) is 4. The van der Waals surface area contributed by atoms with Crippen molar-refractivity contribution in [1.29, 1.82) is 0 Å². The third kappa shape index (κ3) is 36.3. The van der Waals surface area contributed by atoms with Gasteiger partial charge in [-0.25, -0.2) is 4.18 Å². The van der Waals surface area contributed by atoms with E-state index in [-0.39, 0.29) is 19.6 Å². The Bertz CT molecular complexity index is 1410. The maximum Gasteiger partial charge on any atom is 0.397 e. The molecule has 0 spiro atoms. The Hall–Kier alpha value is -2.46. The molecule has 0 amide bonds. The number of carbonyl (C=O) groups is 1. The minimum Gasteiger partial charge on any atom is -0.457 e. The lowest BCUT2D eigenvalue weighted by atomic mass is 9.99. The lowest BCUT2D eigenvalue weighted by molar-refractivity contribution is -0.301. The summed E-state index contributed by atoms with van der Waals surface area (Å²) in [6.45, 7) is 3.80. The molecule has 1 saturated heterocycles. The Morgan fingerprint density at radius 2 is 1.03 bits per heavy atom. The van der Waals surface area contributed by atoms with Crippen molar-refractivity contribution in [3.8, 4) is 0 Å². The molecule has 1 aliphatic rings. The van der Waals surface area contributed by atoms with Gasteiger partial charge in [0.25, 0.3) is 0 Å². The molecule has 0 bridgehead atoms. The van der Waals surface area contributed by atoms with Gasteiger partial charge in [-0.05, 0) is 51.4 Å². The number of allylic oxidation sites excluding steroid dienone is 12. The van der Waals surface area contributed by atoms with Crippen LogP contribution < -0.4 is 0 Å². The first-order valence-corrected chi connectivity index (χ1v) is 26.6. The predicted octanol–water partition coefficient (Wildman–Crippen LogP) is 11.5. The van der Waals surface area contributed by atoms with Gasteiger partial charge in [0, 0.05) is 13.0 Å². The Morgan fingerprint density at radius 3 is 1.46 bits per heavy atom. The minimum atomic E-state index is -5.08. The van der Waals surface area contributed by atoms with E-state index >= 15 is 0 Å². The third-order valence-corrected chi connectivity index (χ3v) is 11.6. The van der Waals surface area contributed by atoms with Crippen molar-refractivity contribution < 1.29 is 56.2 Å². The average Bonchev–Trinajstić information content (AvgIpc) is 3.28. The van der Waals surface area contributed by atoms with Crippen molar-refractivity contribution in [2.24, 2.45) is 0 Å². The molecule has 65 heavy (non-hydrogen) atoms. The van der Waals surface area contributed by atoms with Crippen LogP contribution in [-0.2, 0) is 38.3 Å². The molecular weight excluding hydrogens is 849 g/mol. The van der Waals surface area contributed by atoms with E-state index in [1.54, 1.807) is 0 Å². The molecule has 1 fully saturated rings. The van der Waals surface area contributed by atoms with Crippen LogP contribution >= 0.6 is 0 Å². The topological polar surface area (TPSA) is 178 Å². The first kappa shape index (κ1) is 60.6. The number of hydrogen-bond acceptors (Lipinski definition) is 11. The number of aliphatic hydroxyl groups excluding tert-OH is 3. The highest BCUT2D eigenvalue weighted by molar-refractivity contribution is 7.80. The molecule has 0 aromatic carbocycles. The number of aliphatic hydroxyl groups is 3. The summed E-state index contributed by atoms with van der Waals surface area (Å²) in [5.41, 5.74) is 0. The van der Waals surface area contributed by atoms with Gasteiger partial charge in [-0.1, -0.05) is 202 Å². The fourth-order valence-electron chi connectivity index (χ4n) is 7.35. The number of hydrogen-bond donors (Lipinski definition) is 4. The molecule has 1 aliphatic heterocycles. The van der Waals surface area contributed by atoms with Crippen LogP contribution in [0.15, 0.2) is 72.9 Å². The highest BCUT2D eigenvalue weighted by atomic mass is 32.3. The second-order valence-electron chi connectivity index (χ2n) is 17.0. The summed E-state index contributed by atoms with van der Waals surface area (Å²) >= 11 is 0. The van der Waals surface area contributed by atoms with Gasteiger partial charge in [0.2, 0.25) is 0 Å². The standard InChI is InChI=1S/C52H90O12S/c1-3-5-7-9-11-13-15-17-19-21-23-25-27-29-31-33-35-37-39-41-48(54)62-46(45-61-52-50(56)51(64-65(57,58)59)49(55)47(43-53)63-52)44-60-42-40-38-36-34-32-30-28-26-24-22-20-18-16-14-12-10-8-6-4-2/h5,7,11,13,17,19,23,25,29,31,35,37,46-47,49-53,55-56H,3-4,6,8-10,12,14-16,18,20-22,24,26-28,30,32-34,36,38-45H2,1-2H3,(H,57,58,59)/b7-5-,13-11-,19-17-,25-23-,31-29-,37-35-. The Labute approximate surface area is 394 Å². The normalized spacial score (nSPS) is 20.2. The van der Waals surface area contributed by atoms with Crippen molar-refractivity contribution in [3.63, 3.8) is 0 Å². The fraction of sp³-hybridized carbons (Fsp3) is 0.750. The molecule has 6 unspecified atom stereocenters. The second-order valence-corrected chi connectivity index (χ2v) is 18.1. The van der Waals surface area contributed by atoms with Gasteiger partial charge in [0.15, 0.2) is 6.29 Å². The van der Waals surface area contributed by atoms with Crippen LogP contribution in [0.1, 0.15) is 187 Å². The van der Waals surface area contributed by atoms with Gasteiger partial charge < -0.3 is 34.3 Å². The Morgan fingerprint density at radius 1 is 0.600 bits per heavy atom. The molecule has 1 rings (SSSR count). The molecule has 0 aromatic heterocycles. The zero-order valence-corrected chi connectivity index (χ0v) is 41.1. The molecule has 13 heteroatoms. The van der Waals surface area contributed by atoms with Gasteiger partial charge in [-0.2, -0.15) is 8.42 Å². The molecule has 0 radical (unpaired) electrons. The molecule has 0 saturated carbocycles. The highest BCUT2D eigenvalue weighted by Gasteiger charge is 2.48. The minimum absolute atomic E-state index is 0.00448. The van der Waals surface area contributed by atoms with Gasteiger partial charge in [-0.3, -0.25) is 9.35 Å². The lowest BCUT2D eigenvalue weighted by Gasteiger charge is -2.41. The molecule has 4 N–H and O–H groups in total. The van der Waals surface area contributed by atoms with Crippen molar-refractivity contribution in [2.45, 2.75) is 224 Å². The largest absolute Gasteiger partial charge is 0.457 e. The summed E-state index contributed by atoms with van der Waals surface area (Å²) in [4.78, 5) is 12.9. The molecule has 1 heterocycles. The molecule has 0 aliphatic carbocycles. The van der Waals surface area contributed by atoms with Crippen LogP contribution in [0.2, 0.25) is 0 Å². The molecule has 12 nitrogen and oxygen atoms in total. The molecule has 6 atom stereocenters. The van der Waals surface area contributed by atoms with E-state index in [4.69, 9.17) is 18.9 Å². The van der Waals surface area contributed by atoms with Crippen molar-refractivity contribution in [1.82, 2.24) is 0 Å². The van der Waals surface area contributed by atoms with E-state index in [0.29, 0.717) is 13.0 Å². The average molecular weight is 939 g/mol. The molecule has 0 aromatic rings. The van der Waals surface area contributed by atoms with Crippen LogP contribution in [0, 0.1) is 0 Å². The first-order valence-electron chi connectivity index (χ1n) is 25.2. The third-order valence-electron chi connectivity index (χ3n) is 11.1. The summed E-state index contributed by atoms with van der Waals surface area (Å²) in [5, 5.41) is 30.7. The lowest BCUT2D eigenvalue weighted by Crippen LogP contribution is -2.60. The van der Waals surface area contributed by atoms with E-state index in [0.717, 1.165) is 57.8 Å². The van der Waals surface area contributed by atoms with Gasteiger partial charge >= 0.3 is 16.4 Å². The van der Waals surface area contributed by atoms with E-state index in [1.807, 2.05) is 12.2 Å². The number of carbonyl (C=O) groups excluding carboxylic acids is 1. The van der Waals surface area contributed by atoms with E-state index in [9.17, 15) is 33.1 Å². The monoisotopic (exact) mass is 939 g/mol. The van der Waals surface area contributed by atoms with Crippen molar-refractivity contribution in [2.75, 3.05) is 26.4 Å². The summed E-state index contributed by atoms with van der Waals surface area (Å²) in [6.07, 6.45) is 46.6. The van der Waals surface area contributed by atoms with Crippen molar-refractivity contribution >= 4 is 16.4 Å². The molecular formula is C52H90O12S. The van der Waals surface area contributed by atoms with Crippen LogP contribution in [0.5, 0.6) is 0 Å². The summed E-state index contributed by atoms with van der Waals surface area (Å²) in [6, 6.07) is 0. The quantitative estimate of drug-likeness (QED) is 0.0197. The maximum atomic E-state index is 12.9. The molecule has 376 valence electrons. The Balaban J connectivity index is 2.43. The number of unbranched alkanes of at least 4 members (excludes halogenated alkanes) is 18. The van der Waals surface area contributed by atoms with E-state index in [2.05, 4.69) is 78.8 Å². The Kier molecular flexibility index (Phi) is 39.9. The van der Waals surface area contributed by atoms with Crippen LogP contribution in [0.4, 0.5) is 0 Å². The number of esters is 1. The van der Waals surface area contributed by atoms with Gasteiger partial charge in [0.05, 0.1) is 19.8 Å². The SMILES string of the molecule is CC/C=C\C/C=C\C/C=C\C/C=C\C/C=C\C/C=C\CCC(=O)OC(COCCCCCCCCCCCCCCCCCCCCC)COC1OC(CO)C(O)C(OS(=O)(=O)O)C1O. The fourth-order valence-corrected chi connectivity index (χ4v) is 7.85.